The van der Waals surface area contributed by atoms with Crippen molar-refractivity contribution in [2.45, 2.75) is 25.6 Å². The number of carbonyl (C=O) groups is 1. The van der Waals surface area contributed by atoms with E-state index >= 15 is 0 Å². The quantitative estimate of drug-likeness (QED) is 0.874. The Bertz CT molecular complexity index is 591. The molecule has 1 aromatic heterocycles. The summed E-state index contributed by atoms with van der Waals surface area (Å²) < 4.78 is 7.11. The van der Waals surface area contributed by atoms with Crippen molar-refractivity contribution in [2.75, 3.05) is 6.61 Å². The van der Waals surface area contributed by atoms with Gasteiger partial charge in [-0.1, -0.05) is 18.2 Å². The maximum Gasteiger partial charge on any atom is 0.293 e. The molecule has 1 aromatic carbocycles. The topological polar surface area (TPSA) is 65.4 Å². The van der Waals surface area contributed by atoms with Crippen molar-refractivity contribution in [1.82, 2.24) is 15.0 Å². The van der Waals surface area contributed by atoms with Gasteiger partial charge in [-0.05, 0) is 25.0 Å². The van der Waals surface area contributed by atoms with E-state index in [2.05, 4.69) is 10.5 Å². The third-order valence-electron chi connectivity index (χ3n) is 3.33. The van der Waals surface area contributed by atoms with Crippen LogP contribution >= 0.6 is 0 Å². The molecule has 0 spiro atoms. The third kappa shape index (κ3) is 3.29. The van der Waals surface area contributed by atoms with Crippen molar-refractivity contribution >= 4 is 5.91 Å². The molecule has 0 radical (unpaired) electrons. The molecule has 2 heterocycles. The number of hydroxylamine groups is 1. The molecular formula is C15H17N3O3. The SMILES string of the molecule is O=C(NO[C@H]1CCCCO1)c1cncn1-c1ccccc1. The van der Waals surface area contributed by atoms with Gasteiger partial charge in [0, 0.05) is 18.7 Å². The molecule has 0 aliphatic carbocycles. The standard InChI is InChI=1S/C15H17N3O3/c19-15(17-21-14-8-4-5-9-20-14)13-10-16-11-18(13)12-6-2-1-3-7-12/h1-3,6-7,10-11,14H,4-5,8-9H2,(H,17,19)/t14-/m0/s1. The van der Waals surface area contributed by atoms with Crippen LogP contribution < -0.4 is 5.48 Å². The molecule has 1 atom stereocenters. The molecule has 1 N–H and O–H groups in total. The van der Waals surface area contributed by atoms with Crippen LogP contribution in [0.1, 0.15) is 29.8 Å². The molecule has 3 rings (SSSR count). The number of carbonyl (C=O) groups excluding carboxylic acids is 1. The highest BCUT2D eigenvalue weighted by Crippen LogP contribution is 2.14. The van der Waals surface area contributed by atoms with E-state index in [0.717, 1.165) is 24.9 Å². The van der Waals surface area contributed by atoms with E-state index in [0.29, 0.717) is 12.3 Å². The minimum atomic E-state index is -0.365. The molecule has 6 nitrogen and oxygen atoms in total. The molecule has 1 aliphatic rings. The minimum Gasteiger partial charge on any atom is -0.350 e. The smallest absolute Gasteiger partial charge is 0.293 e. The van der Waals surface area contributed by atoms with Gasteiger partial charge in [-0.25, -0.2) is 15.3 Å². The average molecular weight is 287 g/mol. The van der Waals surface area contributed by atoms with E-state index in [1.165, 1.54) is 6.20 Å². The minimum absolute atomic E-state index is 0.342. The Hall–Kier alpha value is -2.18. The Morgan fingerprint density at radius 2 is 2.19 bits per heavy atom. The van der Waals surface area contributed by atoms with Crippen LogP contribution in [0.25, 0.3) is 5.69 Å². The van der Waals surface area contributed by atoms with Crippen LogP contribution in [0.5, 0.6) is 0 Å². The Labute approximate surface area is 122 Å². The van der Waals surface area contributed by atoms with Crippen LogP contribution in [0.4, 0.5) is 0 Å². The Balaban J connectivity index is 1.66. The van der Waals surface area contributed by atoms with Gasteiger partial charge in [0.05, 0.1) is 12.5 Å². The van der Waals surface area contributed by atoms with Crippen LogP contribution in [-0.4, -0.2) is 28.4 Å². The molecule has 1 fully saturated rings. The number of nitrogens with zero attached hydrogens (tertiary/aromatic N) is 2. The number of nitrogens with one attached hydrogen (secondary N) is 1. The monoisotopic (exact) mass is 287 g/mol. The van der Waals surface area contributed by atoms with Crippen LogP contribution in [0.15, 0.2) is 42.9 Å². The van der Waals surface area contributed by atoms with E-state index in [1.807, 2.05) is 30.3 Å². The van der Waals surface area contributed by atoms with Crippen molar-refractivity contribution in [3.63, 3.8) is 0 Å². The first kappa shape index (κ1) is 13.8. The number of ether oxygens (including phenoxy) is 1. The Morgan fingerprint density at radius 1 is 1.33 bits per heavy atom. The second-order valence-electron chi connectivity index (χ2n) is 4.83. The summed E-state index contributed by atoms with van der Waals surface area (Å²) in [6, 6.07) is 9.55. The average Bonchev–Trinajstić information content (AvgIpc) is 3.04. The lowest BCUT2D eigenvalue weighted by Gasteiger charge is -2.22. The van der Waals surface area contributed by atoms with Gasteiger partial charge in [0.15, 0.2) is 6.29 Å². The van der Waals surface area contributed by atoms with Crippen LogP contribution in [0.2, 0.25) is 0 Å². The highest BCUT2D eigenvalue weighted by Gasteiger charge is 2.18. The Morgan fingerprint density at radius 3 is 2.95 bits per heavy atom. The lowest BCUT2D eigenvalue weighted by molar-refractivity contribution is -0.186. The van der Waals surface area contributed by atoms with E-state index in [4.69, 9.17) is 9.57 Å². The molecule has 1 aliphatic heterocycles. The first-order valence-electron chi connectivity index (χ1n) is 7.00. The summed E-state index contributed by atoms with van der Waals surface area (Å²) in [6.07, 6.45) is 5.61. The van der Waals surface area contributed by atoms with Crippen molar-refractivity contribution in [3.8, 4) is 5.69 Å². The van der Waals surface area contributed by atoms with Crippen molar-refractivity contribution < 1.29 is 14.4 Å². The molecule has 6 heteroatoms. The molecule has 1 amide bonds. The molecular weight excluding hydrogens is 270 g/mol. The predicted molar refractivity (Wildman–Crippen MR) is 75.7 cm³/mol. The van der Waals surface area contributed by atoms with Gasteiger partial charge in [-0.2, -0.15) is 0 Å². The fraction of sp³-hybridized carbons (Fsp3) is 0.333. The number of benzene rings is 1. The molecule has 110 valence electrons. The van der Waals surface area contributed by atoms with Crippen LogP contribution in [0.3, 0.4) is 0 Å². The van der Waals surface area contributed by atoms with E-state index < -0.39 is 0 Å². The van der Waals surface area contributed by atoms with Gasteiger partial charge in [0.2, 0.25) is 0 Å². The normalized spacial score (nSPS) is 18.4. The Kier molecular flexibility index (Phi) is 4.28. The van der Waals surface area contributed by atoms with Crippen molar-refractivity contribution in [1.29, 1.82) is 0 Å². The maximum absolute atomic E-state index is 12.2. The number of rotatable bonds is 4. The summed E-state index contributed by atoms with van der Waals surface area (Å²) in [5.74, 6) is -0.342. The highest BCUT2D eigenvalue weighted by molar-refractivity contribution is 5.92. The number of hydrogen-bond acceptors (Lipinski definition) is 4. The molecule has 0 unspecified atom stereocenters. The van der Waals surface area contributed by atoms with Gasteiger partial charge in [-0.15, -0.1) is 0 Å². The molecule has 2 aromatic rings. The summed E-state index contributed by atoms with van der Waals surface area (Å²) in [5.41, 5.74) is 3.72. The molecule has 0 saturated carbocycles. The molecule has 21 heavy (non-hydrogen) atoms. The van der Waals surface area contributed by atoms with Crippen LogP contribution in [0, 0.1) is 0 Å². The largest absolute Gasteiger partial charge is 0.350 e. The predicted octanol–water partition coefficient (Wildman–Crippen LogP) is 2.06. The maximum atomic E-state index is 12.2. The zero-order valence-electron chi connectivity index (χ0n) is 11.6. The van der Waals surface area contributed by atoms with E-state index in [-0.39, 0.29) is 12.2 Å². The lowest BCUT2D eigenvalue weighted by Crippen LogP contribution is -2.33. The first-order valence-corrected chi connectivity index (χ1v) is 7.00. The number of amides is 1. The lowest BCUT2D eigenvalue weighted by atomic mass is 10.2. The van der Waals surface area contributed by atoms with Gasteiger partial charge in [-0.3, -0.25) is 9.36 Å². The highest BCUT2D eigenvalue weighted by atomic mass is 16.8. The number of aromatic nitrogens is 2. The van der Waals surface area contributed by atoms with Gasteiger partial charge in [0.25, 0.3) is 5.91 Å². The first-order chi connectivity index (χ1) is 10.3. The molecule has 0 bridgehead atoms. The van der Waals surface area contributed by atoms with Crippen LogP contribution in [-0.2, 0) is 9.57 Å². The van der Waals surface area contributed by atoms with Gasteiger partial charge < -0.3 is 4.74 Å². The third-order valence-corrected chi connectivity index (χ3v) is 3.33. The fourth-order valence-corrected chi connectivity index (χ4v) is 2.23. The molecule has 1 saturated heterocycles. The van der Waals surface area contributed by atoms with E-state index in [1.54, 1.807) is 10.9 Å². The van der Waals surface area contributed by atoms with Gasteiger partial charge >= 0.3 is 0 Å². The zero-order valence-corrected chi connectivity index (χ0v) is 11.6. The van der Waals surface area contributed by atoms with Crippen molar-refractivity contribution in [2.24, 2.45) is 0 Å². The summed E-state index contributed by atoms with van der Waals surface area (Å²) in [7, 11) is 0. The fourth-order valence-electron chi connectivity index (χ4n) is 2.23. The summed E-state index contributed by atoms with van der Waals surface area (Å²) >= 11 is 0. The second kappa shape index (κ2) is 6.51. The number of imidazole rings is 1. The zero-order chi connectivity index (χ0) is 14.5. The second-order valence-corrected chi connectivity index (χ2v) is 4.83. The van der Waals surface area contributed by atoms with Gasteiger partial charge in [0.1, 0.15) is 5.69 Å². The van der Waals surface area contributed by atoms with E-state index in [9.17, 15) is 4.79 Å². The number of para-hydroxylation sites is 1. The summed E-state index contributed by atoms with van der Waals surface area (Å²) in [5, 5.41) is 0. The summed E-state index contributed by atoms with van der Waals surface area (Å²) in [6.45, 7) is 0.669. The number of hydrogen-bond donors (Lipinski definition) is 1. The summed E-state index contributed by atoms with van der Waals surface area (Å²) in [4.78, 5) is 21.5. The van der Waals surface area contributed by atoms with Crippen molar-refractivity contribution in [3.05, 3.63) is 48.5 Å².